The lowest BCUT2D eigenvalue weighted by atomic mass is 10.1. The zero-order valence-electron chi connectivity index (χ0n) is 16.3. The molecule has 146 valence electrons. The van der Waals surface area contributed by atoms with E-state index in [9.17, 15) is 4.79 Å². The molecule has 0 bridgehead atoms. The molecule has 0 spiro atoms. The fourth-order valence-corrected chi connectivity index (χ4v) is 4.00. The van der Waals surface area contributed by atoms with Crippen molar-refractivity contribution < 1.29 is 9.53 Å². The summed E-state index contributed by atoms with van der Waals surface area (Å²) in [6.07, 6.45) is 1.73. The summed E-state index contributed by atoms with van der Waals surface area (Å²) >= 11 is 1.51. The lowest BCUT2D eigenvalue weighted by Crippen LogP contribution is -2.34. The van der Waals surface area contributed by atoms with E-state index in [1.807, 2.05) is 48.5 Å². The van der Waals surface area contributed by atoms with Gasteiger partial charge in [0.1, 0.15) is 5.75 Å². The first-order chi connectivity index (χ1) is 14.1. The van der Waals surface area contributed by atoms with E-state index < -0.39 is 0 Å². The standard InChI is InChI=1S/C23H21N3O2S/c1-16-12-20-21(13-17(16)2)29-23(25-20)26(14-18-8-6-7-11-24-18)22(27)15-28-19-9-4-3-5-10-19/h3-13H,14-15H2,1-2H3. The second kappa shape index (κ2) is 8.41. The summed E-state index contributed by atoms with van der Waals surface area (Å²) in [5.74, 6) is 0.501. The molecule has 0 aliphatic heterocycles. The average Bonchev–Trinajstić information content (AvgIpc) is 3.14. The van der Waals surface area contributed by atoms with Gasteiger partial charge in [-0.15, -0.1) is 0 Å². The molecular weight excluding hydrogens is 382 g/mol. The molecule has 4 aromatic rings. The smallest absolute Gasteiger partial charge is 0.267 e. The fourth-order valence-electron chi connectivity index (χ4n) is 2.94. The molecule has 29 heavy (non-hydrogen) atoms. The zero-order valence-corrected chi connectivity index (χ0v) is 17.1. The number of aryl methyl sites for hydroxylation is 2. The third kappa shape index (κ3) is 4.43. The van der Waals surface area contributed by atoms with Crippen LogP contribution in [0.25, 0.3) is 10.2 Å². The van der Waals surface area contributed by atoms with Crippen molar-refractivity contribution in [1.82, 2.24) is 9.97 Å². The largest absolute Gasteiger partial charge is 0.484 e. The number of aromatic nitrogens is 2. The van der Waals surface area contributed by atoms with Crippen molar-refractivity contribution in [2.45, 2.75) is 20.4 Å². The molecule has 4 rings (SSSR count). The summed E-state index contributed by atoms with van der Waals surface area (Å²) in [6.45, 7) is 4.43. The van der Waals surface area contributed by atoms with Crippen molar-refractivity contribution in [2.24, 2.45) is 0 Å². The molecule has 0 N–H and O–H groups in total. The number of thiazole rings is 1. The van der Waals surface area contributed by atoms with Crippen LogP contribution < -0.4 is 9.64 Å². The van der Waals surface area contributed by atoms with E-state index >= 15 is 0 Å². The maximum absolute atomic E-state index is 13.1. The number of hydrogen-bond acceptors (Lipinski definition) is 5. The summed E-state index contributed by atoms with van der Waals surface area (Å²) in [6, 6.07) is 19.2. The Kier molecular flexibility index (Phi) is 5.53. The highest BCUT2D eigenvalue weighted by atomic mass is 32.1. The van der Waals surface area contributed by atoms with Crippen LogP contribution >= 0.6 is 11.3 Å². The monoisotopic (exact) mass is 403 g/mol. The Morgan fingerprint density at radius 2 is 1.79 bits per heavy atom. The molecule has 0 unspecified atom stereocenters. The summed E-state index contributed by atoms with van der Waals surface area (Å²) in [5, 5.41) is 0.650. The Balaban J connectivity index is 1.63. The van der Waals surface area contributed by atoms with Crippen LogP contribution in [0.1, 0.15) is 16.8 Å². The van der Waals surface area contributed by atoms with Gasteiger partial charge in [0.2, 0.25) is 0 Å². The maximum Gasteiger partial charge on any atom is 0.267 e. The van der Waals surface area contributed by atoms with Crippen molar-refractivity contribution >= 4 is 32.6 Å². The molecule has 5 nitrogen and oxygen atoms in total. The van der Waals surface area contributed by atoms with Crippen LogP contribution in [0, 0.1) is 13.8 Å². The van der Waals surface area contributed by atoms with Crippen LogP contribution in [0.2, 0.25) is 0 Å². The van der Waals surface area contributed by atoms with E-state index in [1.54, 1.807) is 11.1 Å². The third-order valence-electron chi connectivity index (χ3n) is 4.68. The minimum atomic E-state index is -0.160. The molecule has 0 aliphatic rings. The summed E-state index contributed by atoms with van der Waals surface area (Å²) in [7, 11) is 0. The number of fused-ring (bicyclic) bond motifs is 1. The predicted octanol–water partition coefficient (Wildman–Crippen LogP) is 4.92. The normalized spacial score (nSPS) is 10.8. The van der Waals surface area contributed by atoms with Gasteiger partial charge in [0, 0.05) is 6.20 Å². The summed E-state index contributed by atoms with van der Waals surface area (Å²) < 4.78 is 6.75. The van der Waals surface area contributed by atoms with Gasteiger partial charge in [0.15, 0.2) is 11.7 Å². The minimum Gasteiger partial charge on any atom is -0.484 e. The number of carbonyl (C=O) groups excluding carboxylic acids is 1. The predicted molar refractivity (Wildman–Crippen MR) is 116 cm³/mol. The summed E-state index contributed by atoms with van der Waals surface area (Å²) in [5.41, 5.74) is 4.09. The van der Waals surface area contributed by atoms with Gasteiger partial charge in [-0.25, -0.2) is 4.98 Å². The zero-order chi connectivity index (χ0) is 20.2. The first-order valence-electron chi connectivity index (χ1n) is 9.36. The van der Waals surface area contributed by atoms with Crippen molar-refractivity contribution in [3.8, 4) is 5.75 Å². The minimum absolute atomic E-state index is 0.0647. The topological polar surface area (TPSA) is 55.3 Å². The molecule has 2 aromatic carbocycles. The van der Waals surface area contributed by atoms with Crippen LogP contribution in [-0.4, -0.2) is 22.5 Å². The third-order valence-corrected chi connectivity index (χ3v) is 5.72. The van der Waals surface area contributed by atoms with E-state index in [-0.39, 0.29) is 12.5 Å². The number of ether oxygens (including phenoxy) is 1. The Morgan fingerprint density at radius 1 is 1.03 bits per heavy atom. The molecule has 0 aliphatic carbocycles. The first-order valence-corrected chi connectivity index (χ1v) is 10.2. The molecule has 6 heteroatoms. The Bertz CT molecular complexity index is 1090. The molecule has 0 saturated heterocycles. The molecule has 2 heterocycles. The van der Waals surface area contributed by atoms with Crippen LogP contribution in [0.3, 0.4) is 0 Å². The van der Waals surface area contributed by atoms with Crippen molar-refractivity contribution in [2.75, 3.05) is 11.5 Å². The number of amides is 1. The van der Waals surface area contributed by atoms with Gasteiger partial charge in [-0.3, -0.25) is 14.7 Å². The quantitative estimate of drug-likeness (QED) is 0.458. The van der Waals surface area contributed by atoms with E-state index in [0.29, 0.717) is 17.4 Å². The van der Waals surface area contributed by atoms with Crippen molar-refractivity contribution in [1.29, 1.82) is 0 Å². The Hall–Kier alpha value is -3.25. The number of benzene rings is 2. The van der Waals surface area contributed by atoms with Crippen molar-refractivity contribution in [3.05, 3.63) is 83.7 Å². The molecular formula is C23H21N3O2S. The molecule has 1 amide bonds. The molecule has 0 radical (unpaired) electrons. The van der Waals surface area contributed by atoms with Gasteiger partial charge in [-0.1, -0.05) is 35.6 Å². The fraction of sp³-hybridized carbons (Fsp3) is 0.174. The highest BCUT2D eigenvalue weighted by molar-refractivity contribution is 7.22. The highest BCUT2D eigenvalue weighted by Crippen LogP contribution is 2.31. The second-order valence-electron chi connectivity index (χ2n) is 6.80. The van der Waals surface area contributed by atoms with E-state index in [0.717, 1.165) is 15.9 Å². The SMILES string of the molecule is Cc1cc2nc(N(Cc3ccccn3)C(=O)COc3ccccc3)sc2cc1C. The number of carbonyl (C=O) groups is 1. The number of para-hydroxylation sites is 1. The van der Waals surface area contributed by atoms with Gasteiger partial charge >= 0.3 is 0 Å². The number of rotatable bonds is 6. The molecule has 2 aromatic heterocycles. The van der Waals surface area contributed by atoms with Crippen LogP contribution in [-0.2, 0) is 11.3 Å². The number of nitrogens with zero attached hydrogens (tertiary/aromatic N) is 3. The molecule has 0 saturated carbocycles. The summed E-state index contributed by atoms with van der Waals surface area (Å²) in [4.78, 5) is 23.8. The average molecular weight is 404 g/mol. The van der Waals surface area contributed by atoms with E-state index in [2.05, 4.69) is 31.0 Å². The molecule has 0 fully saturated rings. The lowest BCUT2D eigenvalue weighted by Gasteiger charge is -2.19. The number of pyridine rings is 1. The van der Waals surface area contributed by atoms with Crippen LogP contribution in [0.4, 0.5) is 5.13 Å². The lowest BCUT2D eigenvalue weighted by molar-refractivity contribution is -0.120. The van der Waals surface area contributed by atoms with Gasteiger partial charge in [0.25, 0.3) is 5.91 Å². The van der Waals surface area contributed by atoms with Crippen LogP contribution in [0.15, 0.2) is 66.9 Å². The van der Waals surface area contributed by atoms with Gasteiger partial charge in [-0.2, -0.15) is 0 Å². The van der Waals surface area contributed by atoms with Crippen LogP contribution in [0.5, 0.6) is 5.75 Å². The number of anilines is 1. The highest BCUT2D eigenvalue weighted by Gasteiger charge is 2.21. The number of hydrogen-bond donors (Lipinski definition) is 0. The van der Waals surface area contributed by atoms with Gasteiger partial charge in [-0.05, 0) is 61.4 Å². The van der Waals surface area contributed by atoms with Gasteiger partial charge < -0.3 is 4.74 Å². The first kappa shape index (κ1) is 19.1. The Morgan fingerprint density at radius 3 is 2.55 bits per heavy atom. The molecule has 0 atom stereocenters. The second-order valence-corrected chi connectivity index (χ2v) is 7.81. The van der Waals surface area contributed by atoms with Gasteiger partial charge in [0.05, 0.1) is 22.5 Å². The Labute approximate surface area is 173 Å². The maximum atomic E-state index is 13.1. The van der Waals surface area contributed by atoms with E-state index in [1.165, 1.54) is 22.5 Å². The van der Waals surface area contributed by atoms with E-state index in [4.69, 9.17) is 9.72 Å². The van der Waals surface area contributed by atoms with Crippen molar-refractivity contribution in [3.63, 3.8) is 0 Å².